The van der Waals surface area contributed by atoms with Crippen molar-refractivity contribution in [1.82, 2.24) is 5.32 Å². The first-order valence-electron chi connectivity index (χ1n) is 14.8. The molecule has 2 aliphatic rings. The zero-order valence-corrected chi connectivity index (χ0v) is 24.2. The van der Waals surface area contributed by atoms with Gasteiger partial charge in [0.15, 0.2) is 0 Å². The van der Waals surface area contributed by atoms with E-state index >= 15 is 0 Å². The SMILES string of the molecule is O=C(Nc1ccccc1)c1cccc(C(=O)Nc2ccccc2)c1N1C(=O)c2cccc3c(N4CCNCC4)ccc(c23)C1=O. The van der Waals surface area contributed by atoms with Gasteiger partial charge in [-0.1, -0.05) is 54.6 Å². The Morgan fingerprint density at radius 2 is 1.13 bits per heavy atom. The summed E-state index contributed by atoms with van der Waals surface area (Å²) in [5, 5.41) is 10.4. The van der Waals surface area contributed by atoms with E-state index in [-0.39, 0.29) is 16.8 Å². The Morgan fingerprint density at radius 3 is 1.71 bits per heavy atom. The number of para-hydroxylation sites is 3. The number of carbonyl (C=O) groups is 4. The molecule has 5 aromatic carbocycles. The molecule has 3 N–H and O–H groups in total. The molecule has 0 spiro atoms. The molecule has 4 amide bonds. The van der Waals surface area contributed by atoms with Gasteiger partial charge < -0.3 is 20.9 Å². The molecule has 0 unspecified atom stereocenters. The van der Waals surface area contributed by atoms with Gasteiger partial charge in [0, 0.05) is 65.1 Å². The van der Waals surface area contributed by atoms with E-state index in [0.717, 1.165) is 42.2 Å². The van der Waals surface area contributed by atoms with Gasteiger partial charge in [-0.2, -0.15) is 0 Å². The molecule has 5 aromatic rings. The first kappa shape index (κ1) is 28.0. The lowest BCUT2D eigenvalue weighted by molar-refractivity contribution is 0.0893. The van der Waals surface area contributed by atoms with E-state index in [1.807, 2.05) is 24.3 Å². The summed E-state index contributed by atoms with van der Waals surface area (Å²) >= 11 is 0. The molecule has 2 aliphatic heterocycles. The van der Waals surface area contributed by atoms with Crippen LogP contribution in [0.4, 0.5) is 22.7 Å². The van der Waals surface area contributed by atoms with Crippen LogP contribution in [0, 0.1) is 0 Å². The normalized spacial score (nSPS) is 14.4. The topological polar surface area (TPSA) is 111 Å². The molecule has 0 saturated carbocycles. The Labute approximate surface area is 259 Å². The highest BCUT2D eigenvalue weighted by molar-refractivity contribution is 6.38. The van der Waals surface area contributed by atoms with E-state index < -0.39 is 23.6 Å². The lowest BCUT2D eigenvalue weighted by atomic mass is 9.91. The number of nitrogens with one attached hydrogen (secondary N) is 3. The highest BCUT2D eigenvalue weighted by Crippen LogP contribution is 2.39. The Balaban J connectivity index is 1.37. The lowest BCUT2D eigenvalue weighted by Gasteiger charge is -2.33. The van der Waals surface area contributed by atoms with Crippen LogP contribution in [0.25, 0.3) is 10.8 Å². The van der Waals surface area contributed by atoms with Gasteiger partial charge >= 0.3 is 0 Å². The molecule has 0 radical (unpaired) electrons. The van der Waals surface area contributed by atoms with Gasteiger partial charge in [0.05, 0.1) is 16.8 Å². The summed E-state index contributed by atoms with van der Waals surface area (Å²) < 4.78 is 0. The third-order valence-corrected chi connectivity index (χ3v) is 8.15. The molecule has 2 heterocycles. The Hall–Kier alpha value is -5.80. The second-order valence-corrected chi connectivity index (χ2v) is 10.9. The van der Waals surface area contributed by atoms with Crippen molar-refractivity contribution in [3.63, 3.8) is 0 Å². The van der Waals surface area contributed by atoms with Crippen molar-refractivity contribution in [2.24, 2.45) is 0 Å². The van der Waals surface area contributed by atoms with Crippen molar-refractivity contribution < 1.29 is 19.2 Å². The summed E-state index contributed by atoms with van der Waals surface area (Å²) in [5.41, 5.74) is 2.60. The van der Waals surface area contributed by atoms with E-state index in [9.17, 15) is 19.2 Å². The number of nitrogens with zero attached hydrogens (tertiary/aromatic N) is 2. The summed E-state index contributed by atoms with van der Waals surface area (Å²) in [5.74, 6) is -2.35. The number of amides is 4. The van der Waals surface area contributed by atoms with E-state index in [0.29, 0.717) is 27.9 Å². The van der Waals surface area contributed by atoms with Crippen LogP contribution in [0.5, 0.6) is 0 Å². The molecule has 9 nitrogen and oxygen atoms in total. The van der Waals surface area contributed by atoms with Crippen LogP contribution in [-0.2, 0) is 0 Å². The summed E-state index contributed by atoms with van der Waals surface area (Å²) in [6.45, 7) is 3.28. The molecule has 7 rings (SSSR count). The van der Waals surface area contributed by atoms with Gasteiger partial charge in [-0.25, -0.2) is 4.90 Å². The van der Waals surface area contributed by atoms with Crippen LogP contribution >= 0.6 is 0 Å². The van der Waals surface area contributed by atoms with E-state index in [1.54, 1.807) is 72.8 Å². The first-order valence-corrected chi connectivity index (χ1v) is 14.8. The number of anilines is 4. The smallest absolute Gasteiger partial charge is 0.266 e. The lowest BCUT2D eigenvalue weighted by Crippen LogP contribution is -2.44. The summed E-state index contributed by atoms with van der Waals surface area (Å²) in [6.07, 6.45) is 0. The van der Waals surface area contributed by atoms with Crippen molar-refractivity contribution in [3.8, 4) is 0 Å². The molecule has 45 heavy (non-hydrogen) atoms. The number of imide groups is 1. The Bertz CT molecular complexity index is 1880. The number of benzene rings is 5. The van der Waals surface area contributed by atoms with Gasteiger partial charge in [-0.05, 0) is 54.6 Å². The molecular formula is C36H29N5O4. The Morgan fingerprint density at radius 1 is 0.600 bits per heavy atom. The molecule has 1 fully saturated rings. The van der Waals surface area contributed by atoms with E-state index in [2.05, 4.69) is 20.9 Å². The molecule has 0 bridgehead atoms. The largest absolute Gasteiger partial charge is 0.368 e. The fraction of sp³-hybridized carbons (Fsp3) is 0.111. The summed E-state index contributed by atoms with van der Waals surface area (Å²) in [6, 6.07) is 31.4. The summed E-state index contributed by atoms with van der Waals surface area (Å²) in [4.78, 5) is 59.5. The predicted octanol–water partition coefficient (Wildman–Crippen LogP) is 5.55. The second kappa shape index (κ2) is 11.7. The van der Waals surface area contributed by atoms with Crippen molar-refractivity contribution in [2.75, 3.05) is 46.6 Å². The zero-order valence-electron chi connectivity index (χ0n) is 24.2. The van der Waals surface area contributed by atoms with Gasteiger partial charge in [0.2, 0.25) is 0 Å². The number of hydrogen-bond acceptors (Lipinski definition) is 6. The van der Waals surface area contributed by atoms with Crippen LogP contribution in [0.1, 0.15) is 41.4 Å². The predicted molar refractivity (Wildman–Crippen MR) is 175 cm³/mol. The number of piperazine rings is 1. The molecule has 0 atom stereocenters. The van der Waals surface area contributed by atoms with Crippen molar-refractivity contribution in [2.45, 2.75) is 0 Å². The van der Waals surface area contributed by atoms with Crippen LogP contribution in [0.3, 0.4) is 0 Å². The fourth-order valence-electron chi connectivity index (χ4n) is 6.06. The highest BCUT2D eigenvalue weighted by Gasteiger charge is 2.39. The van der Waals surface area contributed by atoms with Crippen molar-refractivity contribution in [3.05, 3.63) is 131 Å². The minimum atomic E-state index is -0.607. The number of carbonyl (C=O) groups excluding carboxylic acids is 4. The molecule has 9 heteroatoms. The molecule has 1 saturated heterocycles. The van der Waals surface area contributed by atoms with Gasteiger partial charge in [0.25, 0.3) is 23.6 Å². The monoisotopic (exact) mass is 595 g/mol. The van der Waals surface area contributed by atoms with Gasteiger partial charge in [-0.3, -0.25) is 19.2 Å². The molecule has 0 aliphatic carbocycles. The average molecular weight is 596 g/mol. The standard InChI is InChI=1S/C36H29N5O4/c42-33(38-23-9-3-1-4-10-23)28-15-8-16-29(34(43)39-24-11-5-2-6-12-24)32(28)41-35(44)26-14-7-13-25-30(40-21-19-37-20-22-40)18-17-27(31(25)26)36(41)45/h1-18,37H,19-22H2,(H,38,42)(H,39,43). The van der Waals surface area contributed by atoms with Crippen molar-refractivity contribution in [1.29, 1.82) is 0 Å². The van der Waals surface area contributed by atoms with Crippen molar-refractivity contribution >= 4 is 57.2 Å². The maximum atomic E-state index is 14.4. The Kier molecular flexibility index (Phi) is 7.28. The summed E-state index contributed by atoms with van der Waals surface area (Å²) in [7, 11) is 0. The van der Waals surface area contributed by atoms with E-state index in [4.69, 9.17) is 0 Å². The minimum Gasteiger partial charge on any atom is -0.368 e. The van der Waals surface area contributed by atoms with E-state index in [1.165, 1.54) is 12.1 Å². The third-order valence-electron chi connectivity index (χ3n) is 8.15. The quantitative estimate of drug-likeness (QED) is 0.222. The van der Waals surface area contributed by atoms with Gasteiger partial charge in [0.1, 0.15) is 0 Å². The maximum absolute atomic E-state index is 14.4. The van der Waals surface area contributed by atoms with Crippen LogP contribution in [0.2, 0.25) is 0 Å². The van der Waals surface area contributed by atoms with Crippen LogP contribution in [-0.4, -0.2) is 49.8 Å². The number of rotatable bonds is 6. The zero-order chi connectivity index (χ0) is 30.9. The van der Waals surface area contributed by atoms with Crippen LogP contribution in [0.15, 0.2) is 109 Å². The van der Waals surface area contributed by atoms with Gasteiger partial charge in [-0.15, -0.1) is 0 Å². The first-order chi connectivity index (χ1) is 22.0. The average Bonchev–Trinajstić information content (AvgIpc) is 3.08. The molecule has 222 valence electrons. The molecular weight excluding hydrogens is 566 g/mol. The minimum absolute atomic E-state index is 0.00864. The highest BCUT2D eigenvalue weighted by atomic mass is 16.2. The molecule has 0 aromatic heterocycles. The number of hydrogen-bond donors (Lipinski definition) is 3. The second-order valence-electron chi connectivity index (χ2n) is 10.9. The third kappa shape index (κ3) is 5.09. The maximum Gasteiger partial charge on any atom is 0.266 e. The fourth-order valence-corrected chi connectivity index (χ4v) is 6.06. The van der Waals surface area contributed by atoms with Crippen LogP contribution < -0.4 is 25.8 Å².